The first kappa shape index (κ1) is 13.3. The van der Waals surface area contributed by atoms with Gasteiger partial charge < -0.3 is 10.4 Å². The van der Waals surface area contributed by atoms with Crippen molar-refractivity contribution in [1.29, 1.82) is 0 Å². The second-order valence-corrected chi connectivity index (χ2v) is 6.14. The highest BCUT2D eigenvalue weighted by atomic mass is 32.2. The number of nitrogens with one attached hydrogen (secondary N) is 1. The summed E-state index contributed by atoms with van der Waals surface area (Å²) in [7, 11) is -1.89. The summed E-state index contributed by atoms with van der Waals surface area (Å²) in [5.74, 6) is 0.351. The standard InChI is InChI=1S/C11H17N3O3S/c1-12-11-10(3-2-6-13-11)18(16,17)14-7-4-9(15)5-8-14/h2-3,6,9,15H,4-5,7-8H2,1H3,(H,12,13). The first-order valence-electron chi connectivity index (χ1n) is 5.86. The van der Waals surface area contributed by atoms with E-state index in [0.29, 0.717) is 31.7 Å². The summed E-state index contributed by atoms with van der Waals surface area (Å²) in [4.78, 5) is 4.19. The Labute approximate surface area is 107 Å². The van der Waals surface area contributed by atoms with Crippen LogP contribution in [0.3, 0.4) is 0 Å². The van der Waals surface area contributed by atoms with Crippen molar-refractivity contribution in [2.24, 2.45) is 0 Å². The first-order chi connectivity index (χ1) is 8.55. The number of aliphatic hydroxyl groups is 1. The monoisotopic (exact) mass is 271 g/mol. The average molecular weight is 271 g/mol. The Kier molecular flexibility index (Phi) is 3.84. The zero-order valence-corrected chi connectivity index (χ0v) is 11.0. The molecule has 7 heteroatoms. The number of aromatic nitrogens is 1. The predicted octanol–water partition coefficient (Wildman–Crippen LogP) is 0.269. The molecule has 1 aliphatic rings. The molecular weight excluding hydrogens is 254 g/mol. The molecule has 100 valence electrons. The molecule has 0 spiro atoms. The molecule has 2 heterocycles. The highest BCUT2D eigenvalue weighted by molar-refractivity contribution is 7.89. The van der Waals surface area contributed by atoms with Gasteiger partial charge in [-0.25, -0.2) is 13.4 Å². The van der Waals surface area contributed by atoms with Gasteiger partial charge in [-0.15, -0.1) is 0 Å². The van der Waals surface area contributed by atoms with Gasteiger partial charge in [0.25, 0.3) is 0 Å². The van der Waals surface area contributed by atoms with Crippen LogP contribution in [0.25, 0.3) is 0 Å². The largest absolute Gasteiger partial charge is 0.393 e. The fourth-order valence-electron chi connectivity index (χ4n) is 2.01. The minimum Gasteiger partial charge on any atom is -0.393 e. The van der Waals surface area contributed by atoms with Crippen LogP contribution in [-0.4, -0.2) is 49.1 Å². The molecule has 0 radical (unpaired) electrons. The summed E-state index contributed by atoms with van der Waals surface area (Å²) < 4.78 is 26.3. The summed E-state index contributed by atoms with van der Waals surface area (Å²) in [6, 6.07) is 3.14. The number of piperidine rings is 1. The van der Waals surface area contributed by atoms with Crippen LogP contribution in [-0.2, 0) is 10.0 Å². The molecule has 0 bridgehead atoms. The van der Waals surface area contributed by atoms with E-state index in [1.807, 2.05) is 0 Å². The summed E-state index contributed by atoms with van der Waals surface area (Å²) >= 11 is 0. The number of hydrogen-bond donors (Lipinski definition) is 2. The van der Waals surface area contributed by atoms with Gasteiger partial charge in [-0.2, -0.15) is 4.31 Å². The number of aliphatic hydroxyl groups excluding tert-OH is 1. The van der Waals surface area contributed by atoms with E-state index in [1.165, 1.54) is 4.31 Å². The van der Waals surface area contributed by atoms with Crippen LogP contribution in [0.15, 0.2) is 23.2 Å². The molecule has 0 atom stereocenters. The topological polar surface area (TPSA) is 82.5 Å². The summed E-state index contributed by atoms with van der Waals surface area (Å²) in [5, 5.41) is 12.2. The van der Waals surface area contributed by atoms with Crippen LogP contribution < -0.4 is 5.32 Å². The molecule has 6 nitrogen and oxygen atoms in total. The van der Waals surface area contributed by atoms with E-state index < -0.39 is 16.1 Å². The zero-order chi connectivity index (χ0) is 13.2. The molecule has 1 aromatic rings. The van der Waals surface area contributed by atoms with Gasteiger partial charge in [0.05, 0.1) is 6.10 Å². The third-order valence-corrected chi connectivity index (χ3v) is 4.98. The van der Waals surface area contributed by atoms with Crippen LogP contribution in [0.1, 0.15) is 12.8 Å². The van der Waals surface area contributed by atoms with Crippen molar-refractivity contribution < 1.29 is 13.5 Å². The van der Waals surface area contributed by atoms with Crippen molar-refractivity contribution in [2.45, 2.75) is 23.8 Å². The molecule has 0 saturated carbocycles. The van der Waals surface area contributed by atoms with E-state index in [9.17, 15) is 13.5 Å². The van der Waals surface area contributed by atoms with E-state index in [0.717, 1.165) is 0 Å². The molecule has 1 fully saturated rings. The van der Waals surface area contributed by atoms with E-state index in [4.69, 9.17) is 0 Å². The number of sulfonamides is 1. The lowest BCUT2D eigenvalue weighted by Gasteiger charge is -2.29. The van der Waals surface area contributed by atoms with Crippen molar-refractivity contribution in [1.82, 2.24) is 9.29 Å². The van der Waals surface area contributed by atoms with Gasteiger partial charge in [-0.3, -0.25) is 0 Å². The minimum absolute atomic E-state index is 0.184. The Morgan fingerprint density at radius 2 is 2.11 bits per heavy atom. The molecule has 1 saturated heterocycles. The highest BCUT2D eigenvalue weighted by Gasteiger charge is 2.30. The van der Waals surface area contributed by atoms with Crippen LogP contribution >= 0.6 is 0 Å². The SMILES string of the molecule is CNc1ncccc1S(=O)(=O)N1CCC(O)CC1. The van der Waals surface area contributed by atoms with Gasteiger partial charge in [0.15, 0.2) is 0 Å². The molecule has 0 aliphatic carbocycles. The first-order valence-corrected chi connectivity index (χ1v) is 7.30. The molecule has 2 rings (SSSR count). The lowest BCUT2D eigenvalue weighted by Crippen LogP contribution is -2.40. The number of hydrogen-bond acceptors (Lipinski definition) is 5. The Morgan fingerprint density at radius 1 is 1.44 bits per heavy atom. The minimum atomic E-state index is -3.53. The van der Waals surface area contributed by atoms with Crippen LogP contribution in [0, 0.1) is 0 Å². The Balaban J connectivity index is 2.30. The molecule has 2 N–H and O–H groups in total. The number of nitrogens with zero attached hydrogens (tertiary/aromatic N) is 2. The second kappa shape index (κ2) is 5.21. The van der Waals surface area contributed by atoms with Gasteiger partial charge in [-0.1, -0.05) is 0 Å². The molecule has 18 heavy (non-hydrogen) atoms. The number of anilines is 1. The lowest BCUT2D eigenvalue weighted by atomic mass is 10.1. The third kappa shape index (κ3) is 2.47. The molecule has 1 aromatic heterocycles. The number of rotatable bonds is 3. The van der Waals surface area contributed by atoms with Crippen molar-refractivity contribution in [3.63, 3.8) is 0 Å². The fraction of sp³-hybridized carbons (Fsp3) is 0.545. The molecule has 0 aromatic carbocycles. The predicted molar refractivity (Wildman–Crippen MR) is 67.8 cm³/mol. The van der Waals surface area contributed by atoms with E-state index >= 15 is 0 Å². The number of pyridine rings is 1. The van der Waals surface area contributed by atoms with E-state index in [-0.39, 0.29) is 4.90 Å². The molecule has 1 aliphatic heterocycles. The second-order valence-electron chi connectivity index (χ2n) is 4.24. The Morgan fingerprint density at radius 3 is 2.72 bits per heavy atom. The Bertz CT molecular complexity index is 510. The van der Waals surface area contributed by atoms with Crippen molar-refractivity contribution in [3.05, 3.63) is 18.3 Å². The zero-order valence-electron chi connectivity index (χ0n) is 10.2. The van der Waals surface area contributed by atoms with Crippen molar-refractivity contribution >= 4 is 15.8 Å². The van der Waals surface area contributed by atoms with Gasteiger partial charge in [0.1, 0.15) is 10.7 Å². The maximum Gasteiger partial charge on any atom is 0.246 e. The summed E-state index contributed by atoms with van der Waals surface area (Å²) in [5.41, 5.74) is 0. The van der Waals surface area contributed by atoms with Crippen molar-refractivity contribution in [2.75, 3.05) is 25.5 Å². The van der Waals surface area contributed by atoms with E-state index in [2.05, 4.69) is 10.3 Å². The van der Waals surface area contributed by atoms with Crippen LogP contribution in [0.5, 0.6) is 0 Å². The summed E-state index contributed by atoms with van der Waals surface area (Å²) in [6.45, 7) is 0.698. The maximum atomic E-state index is 12.4. The van der Waals surface area contributed by atoms with Crippen LogP contribution in [0.4, 0.5) is 5.82 Å². The van der Waals surface area contributed by atoms with Gasteiger partial charge in [-0.05, 0) is 25.0 Å². The highest BCUT2D eigenvalue weighted by Crippen LogP contribution is 2.24. The average Bonchev–Trinajstić information content (AvgIpc) is 2.39. The summed E-state index contributed by atoms with van der Waals surface area (Å²) in [6.07, 6.45) is 2.11. The quantitative estimate of drug-likeness (QED) is 0.824. The van der Waals surface area contributed by atoms with Crippen LogP contribution in [0.2, 0.25) is 0 Å². The lowest BCUT2D eigenvalue weighted by molar-refractivity contribution is 0.113. The third-order valence-electron chi connectivity index (χ3n) is 3.05. The van der Waals surface area contributed by atoms with Gasteiger partial charge in [0, 0.05) is 26.3 Å². The fourth-order valence-corrected chi connectivity index (χ4v) is 3.63. The Hall–Kier alpha value is -1.18. The normalized spacial score (nSPS) is 18.8. The molecule has 0 amide bonds. The van der Waals surface area contributed by atoms with E-state index in [1.54, 1.807) is 25.4 Å². The smallest absolute Gasteiger partial charge is 0.246 e. The maximum absolute atomic E-state index is 12.4. The van der Waals surface area contributed by atoms with Crippen molar-refractivity contribution in [3.8, 4) is 0 Å². The van der Waals surface area contributed by atoms with Gasteiger partial charge in [0.2, 0.25) is 10.0 Å². The molecular formula is C11H17N3O3S. The molecule has 0 unspecified atom stereocenters. The van der Waals surface area contributed by atoms with Gasteiger partial charge >= 0.3 is 0 Å².